The summed E-state index contributed by atoms with van der Waals surface area (Å²) < 4.78 is 40.3. The van der Waals surface area contributed by atoms with E-state index in [1.807, 2.05) is 18.7 Å². The highest BCUT2D eigenvalue weighted by molar-refractivity contribution is 5.89. The molecule has 3 atom stereocenters. The molecular weight excluding hydrogens is 461 g/mol. The number of aliphatic hydroxyl groups excluding tert-OH is 1. The fourth-order valence-electron chi connectivity index (χ4n) is 4.64. The first kappa shape index (κ1) is 24.6. The second-order valence-electron chi connectivity index (χ2n) is 8.79. The van der Waals surface area contributed by atoms with Crippen molar-refractivity contribution in [3.8, 4) is 0 Å². The van der Waals surface area contributed by atoms with Gasteiger partial charge in [-0.2, -0.15) is 13.2 Å². The molecule has 1 saturated heterocycles. The van der Waals surface area contributed by atoms with Crippen molar-refractivity contribution in [3.63, 3.8) is 0 Å². The van der Waals surface area contributed by atoms with Crippen LogP contribution in [0.25, 0.3) is 15.9 Å². The minimum Gasteiger partial charge on any atom is -0.394 e. The lowest BCUT2D eigenvalue weighted by Crippen LogP contribution is -2.58. The maximum Gasteiger partial charge on any atom is 0.417 e. The maximum absolute atomic E-state index is 12.9. The number of fused-ring (bicyclic) bond motifs is 1. The molecule has 1 aliphatic heterocycles. The molecule has 8 nitrogen and oxygen atoms in total. The van der Waals surface area contributed by atoms with E-state index in [1.165, 1.54) is 16.7 Å². The number of pyridine rings is 3. The lowest BCUT2D eigenvalue weighted by molar-refractivity contribution is -0.137. The van der Waals surface area contributed by atoms with Gasteiger partial charge in [-0.25, -0.2) is 0 Å². The molecule has 0 aliphatic carbocycles. The first-order valence-corrected chi connectivity index (χ1v) is 11.1. The van der Waals surface area contributed by atoms with E-state index in [0.717, 1.165) is 12.3 Å². The first-order chi connectivity index (χ1) is 16.5. The van der Waals surface area contributed by atoms with Crippen molar-refractivity contribution in [1.29, 1.82) is 0 Å². The van der Waals surface area contributed by atoms with E-state index in [4.69, 9.17) is 6.57 Å². The van der Waals surface area contributed by atoms with Crippen LogP contribution in [-0.2, 0) is 13.2 Å². The number of rotatable bonds is 4. The third-order valence-electron chi connectivity index (χ3n) is 6.54. The molecule has 1 N–H and O–H groups in total. The highest BCUT2D eigenvalue weighted by Crippen LogP contribution is 2.34. The summed E-state index contributed by atoms with van der Waals surface area (Å²) in [4.78, 5) is 28.6. The predicted molar refractivity (Wildman–Crippen MR) is 125 cm³/mol. The van der Waals surface area contributed by atoms with Gasteiger partial charge in [-0.1, -0.05) is 6.57 Å². The number of anilines is 1. The second-order valence-corrected chi connectivity index (χ2v) is 8.79. The van der Waals surface area contributed by atoms with Gasteiger partial charge in [0.1, 0.15) is 0 Å². The van der Waals surface area contributed by atoms with Crippen LogP contribution in [0.5, 0.6) is 0 Å². The Bertz CT molecular complexity index is 1330. The van der Waals surface area contributed by atoms with E-state index in [9.17, 15) is 23.1 Å². The minimum absolute atomic E-state index is 0.122. The average molecular weight is 486 g/mol. The number of piperazine rings is 1. The van der Waals surface area contributed by atoms with Crippen LogP contribution in [-0.4, -0.2) is 56.3 Å². The molecule has 3 aromatic heterocycles. The van der Waals surface area contributed by atoms with Gasteiger partial charge in [0.25, 0.3) is 11.4 Å². The molecular formula is C24H25F3N6O2. The zero-order valence-corrected chi connectivity index (χ0v) is 19.5. The summed E-state index contributed by atoms with van der Waals surface area (Å²) in [5, 5.41) is 10.1. The number of aliphatic hydroxyl groups is 1. The Morgan fingerprint density at radius 3 is 2.54 bits per heavy atom. The van der Waals surface area contributed by atoms with Crippen LogP contribution in [0.15, 0.2) is 41.3 Å². The molecule has 4 rings (SSSR count). The molecule has 1 fully saturated rings. The van der Waals surface area contributed by atoms with E-state index in [1.54, 1.807) is 19.2 Å². The van der Waals surface area contributed by atoms with Gasteiger partial charge in [-0.15, -0.1) is 4.98 Å². The van der Waals surface area contributed by atoms with Crippen LogP contribution in [0.1, 0.15) is 31.1 Å². The zero-order chi connectivity index (χ0) is 25.5. The SMILES string of the molecule is [C-]#[N+]c1ccc2c(n1)c(N1C[C@@H](C)N(C(CO)c3ccc(C(F)(F)F)cn3)C[C@@H]1C)cc(=O)n2C. The van der Waals surface area contributed by atoms with Gasteiger partial charge in [0.2, 0.25) is 5.52 Å². The molecule has 11 heteroatoms. The summed E-state index contributed by atoms with van der Waals surface area (Å²) in [5.74, 6) is 0.227. The average Bonchev–Trinajstić information content (AvgIpc) is 2.83. The van der Waals surface area contributed by atoms with E-state index in [2.05, 4.69) is 19.7 Å². The van der Waals surface area contributed by atoms with Gasteiger partial charge in [-0.3, -0.25) is 14.7 Å². The van der Waals surface area contributed by atoms with Gasteiger partial charge in [-0.05, 0) is 38.1 Å². The normalized spacial score (nSPS) is 20.1. The number of hydrogen-bond donors (Lipinski definition) is 1. The molecule has 0 amide bonds. The maximum atomic E-state index is 12.9. The second kappa shape index (κ2) is 9.28. The summed E-state index contributed by atoms with van der Waals surface area (Å²) in [6.45, 7) is 11.9. The van der Waals surface area contributed by atoms with Crippen LogP contribution in [0.3, 0.4) is 0 Å². The molecule has 0 saturated carbocycles. The van der Waals surface area contributed by atoms with Gasteiger partial charge < -0.3 is 19.4 Å². The number of aromatic nitrogens is 3. The molecule has 184 valence electrons. The first-order valence-electron chi connectivity index (χ1n) is 11.1. The van der Waals surface area contributed by atoms with Crippen LogP contribution >= 0.6 is 0 Å². The van der Waals surface area contributed by atoms with Gasteiger partial charge in [0.05, 0.1) is 35.1 Å². The van der Waals surface area contributed by atoms with E-state index in [0.29, 0.717) is 35.5 Å². The predicted octanol–water partition coefficient (Wildman–Crippen LogP) is 3.53. The Balaban J connectivity index is 1.66. The zero-order valence-electron chi connectivity index (χ0n) is 19.5. The van der Waals surface area contributed by atoms with Crippen LogP contribution in [0.2, 0.25) is 0 Å². The number of alkyl halides is 3. The molecule has 1 unspecified atom stereocenters. The molecule has 1 aliphatic rings. The Labute approximate surface area is 200 Å². The fraction of sp³-hybridized carbons (Fsp3) is 0.417. The lowest BCUT2D eigenvalue weighted by Gasteiger charge is -2.47. The molecule has 0 radical (unpaired) electrons. The Morgan fingerprint density at radius 2 is 1.94 bits per heavy atom. The summed E-state index contributed by atoms with van der Waals surface area (Å²) >= 11 is 0. The largest absolute Gasteiger partial charge is 0.417 e. The standard InChI is InChI=1S/C24H25F3N6O2/c1-14-12-33(20(13-34)17-6-5-16(10-29-17)24(25,26)27)15(2)11-32(14)19-9-22(35)31(4)18-7-8-21(28-3)30-23(18)19/h5-10,14-15,20,34H,11-13H2,1-2,4H3/t14-,15+,20?/m0/s1. The summed E-state index contributed by atoms with van der Waals surface area (Å²) in [5.41, 5.74) is 1.11. The molecule has 4 heterocycles. The molecule has 0 aromatic carbocycles. The molecule has 0 spiro atoms. The van der Waals surface area contributed by atoms with Crippen LogP contribution < -0.4 is 10.5 Å². The topological polar surface area (TPSA) is 78.9 Å². The Morgan fingerprint density at radius 1 is 1.20 bits per heavy atom. The highest BCUT2D eigenvalue weighted by Gasteiger charge is 2.37. The summed E-state index contributed by atoms with van der Waals surface area (Å²) in [6.07, 6.45) is -3.70. The molecule has 3 aromatic rings. The van der Waals surface area contributed by atoms with Crippen molar-refractivity contribution in [2.75, 3.05) is 24.6 Å². The fourth-order valence-corrected chi connectivity index (χ4v) is 4.64. The number of hydrogen-bond acceptors (Lipinski definition) is 6. The third-order valence-corrected chi connectivity index (χ3v) is 6.54. The minimum atomic E-state index is -4.48. The van der Waals surface area contributed by atoms with Gasteiger partial charge >= 0.3 is 6.18 Å². The number of halogens is 3. The summed E-state index contributed by atoms with van der Waals surface area (Å²) in [7, 11) is 1.65. The number of aryl methyl sites for hydroxylation is 1. The Kier molecular flexibility index (Phi) is 6.53. The van der Waals surface area contributed by atoms with Crippen molar-refractivity contribution >= 4 is 22.5 Å². The van der Waals surface area contributed by atoms with E-state index < -0.39 is 17.8 Å². The van der Waals surface area contributed by atoms with Gasteiger partial charge in [0.15, 0.2) is 0 Å². The summed E-state index contributed by atoms with van der Waals surface area (Å²) in [6, 6.07) is 6.25. The molecule has 35 heavy (non-hydrogen) atoms. The van der Waals surface area contributed by atoms with Crippen molar-refractivity contribution in [2.45, 2.75) is 38.1 Å². The van der Waals surface area contributed by atoms with Crippen LogP contribution in [0, 0.1) is 6.57 Å². The van der Waals surface area contributed by atoms with Crippen molar-refractivity contribution in [2.24, 2.45) is 7.05 Å². The van der Waals surface area contributed by atoms with Crippen molar-refractivity contribution in [1.82, 2.24) is 19.4 Å². The van der Waals surface area contributed by atoms with Crippen molar-refractivity contribution < 1.29 is 18.3 Å². The highest BCUT2D eigenvalue weighted by atomic mass is 19.4. The van der Waals surface area contributed by atoms with E-state index >= 15 is 0 Å². The van der Waals surface area contributed by atoms with E-state index in [-0.39, 0.29) is 30.1 Å². The lowest BCUT2D eigenvalue weighted by atomic mass is 10.0. The van der Waals surface area contributed by atoms with Gasteiger partial charge in [0, 0.05) is 44.5 Å². The number of nitrogens with zero attached hydrogens (tertiary/aromatic N) is 6. The molecule has 0 bridgehead atoms. The monoisotopic (exact) mass is 486 g/mol. The Hall–Kier alpha value is -3.49. The third kappa shape index (κ3) is 4.59. The quantitative estimate of drug-likeness (QED) is 0.569. The van der Waals surface area contributed by atoms with Crippen LogP contribution in [0.4, 0.5) is 24.7 Å². The van der Waals surface area contributed by atoms with Crippen molar-refractivity contribution in [3.05, 3.63) is 69.6 Å². The smallest absolute Gasteiger partial charge is 0.394 e.